The Morgan fingerprint density at radius 2 is 2.46 bits per heavy atom. The van der Waals surface area contributed by atoms with Crippen molar-refractivity contribution < 1.29 is 9.53 Å². The minimum atomic E-state index is -0.271. The van der Waals surface area contributed by atoms with Crippen molar-refractivity contribution in [2.24, 2.45) is 0 Å². The van der Waals surface area contributed by atoms with Gasteiger partial charge in [0.25, 0.3) is 0 Å². The molecule has 0 saturated carbocycles. The number of carbonyl (C=O) groups is 1. The lowest BCUT2D eigenvalue weighted by Crippen LogP contribution is -2.22. The van der Waals surface area contributed by atoms with Gasteiger partial charge in [-0.25, -0.2) is 0 Å². The molecule has 0 fully saturated rings. The van der Waals surface area contributed by atoms with Gasteiger partial charge in [0.05, 0.1) is 0 Å². The Labute approximate surface area is 82.5 Å². The van der Waals surface area contributed by atoms with Crippen molar-refractivity contribution in [1.29, 1.82) is 0 Å². The summed E-state index contributed by atoms with van der Waals surface area (Å²) in [5.74, 6) is 0.157. The van der Waals surface area contributed by atoms with E-state index in [0.717, 1.165) is 4.88 Å². The first-order valence-corrected chi connectivity index (χ1v) is 5.28. The monoisotopic (exact) mass is 198 g/mol. The minimum Gasteiger partial charge on any atom is -0.371 e. The average Bonchev–Trinajstić information content (AvgIpc) is 2.57. The Kier molecular flexibility index (Phi) is 4.12. The summed E-state index contributed by atoms with van der Waals surface area (Å²) >= 11 is 1.61. The summed E-state index contributed by atoms with van der Waals surface area (Å²) < 4.78 is 5.21. The molecule has 0 saturated heterocycles. The molecular weight excluding hydrogens is 184 g/mol. The summed E-state index contributed by atoms with van der Waals surface area (Å²) in [5, 5.41) is 1.98. The Balaban J connectivity index is 2.41. The number of carbonyl (C=O) groups excluding carboxylic acids is 1. The predicted molar refractivity (Wildman–Crippen MR) is 54.1 cm³/mol. The van der Waals surface area contributed by atoms with Crippen LogP contribution in [-0.4, -0.2) is 18.5 Å². The maximum atomic E-state index is 11.5. The van der Waals surface area contributed by atoms with Crippen LogP contribution < -0.4 is 0 Å². The molecule has 0 aliphatic heterocycles. The van der Waals surface area contributed by atoms with Crippen LogP contribution in [0.25, 0.3) is 0 Å². The molecule has 13 heavy (non-hydrogen) atoms. The lowest BCUT2D eigenvalue weighted by atomic mass is 10.2. The molecule has 0 spiro atoms. The molecule has 1 aromatic heterocycles. The molecule has 1 rings (SSSR count). The number of ether oxygens (including phenoxy) is 1. The molecular formula is C10H14O2S. The molecule has 0 N–H and O–H groups in total. The highest BCUT2D eigenvalue weighted by Crippen LogP contribution is 2.11. The van der Waals surface area contributed by atoms with Gasteiger partial charge in [-0.2, -0.15) is 0 Å². The van der Waals surface area contributed by atoms with Crippen molar-refractivity contribution in [3.8, 4) is 0 Å². The van der Waals surface area contributed by atoms with Crippen LogP contribution in [0, 0.1) is 0 Å². The van der Waals surface area contributed by atoms with Gasteiger partial charge >= 0.3 is 0 Å². The molecule has 2 nitrogen and oxygen atoms in total. The lowest BCUT2D eigenvalue weighted by molar-refractivity contribution is -0.128. The highest BCUT2D eigenvalue weighted by Gasteiger charge is 2.13. The molecule has 3 heteroatoms. The van der Waals surface area contributed by atoms with E-state index in [1.807, 2.05) is 24.4 Å². The van der Waals surface area contributed by atoms with Crippen LogP contribution in [0.3, 0.4) is 0 Å². The summed E-state index contributed by atoms with van der Waals surface area (Å²) in [6, 6.07) is 3.93. The second kappa shape index (κ2) is 5.14. The van der Waals surface area contributed by atoms with E-state index in [2.05, 4.69) is 0 Å². The van der Waals surface area contributed by atoms with Crippen molar-refractivity contribution in [1.82, 2.24) is 0 Å². The van der Waals surface area contributed by atoms with E-state index in [9.17, 15) is 4.79 Å². The molecule has 0 aromatic carbocycles. The number of ketones is 1. The van der Waals surface area contributed by atoms with Crippen LogP contribution in [0.1, 0.15) is 18.7 Å². The zero-order valence-corrected chi connectivity index (χ0v) is 8.76. The van der Waals surface area contributed by atoms with E-state index in [1.54, 1.807) is 18.3 Å². The topological polar surface area (TPSA) is 26.3 Å². The zero-order chi connectivity index (χ0) is 9.68. The molecule has 1 aromatic rings. The molecule has 0 aliphatic rings. The lowest BCUT2D eigenvalue weighted by Gasteiger charge is -2.08. The zero-order valence-electron chi connectivity index (χ0n) is 7.95. The number of hydrogen-bond donors (Lipinski definition) is 0. The number of rotatable bonds is 5. The molecule has 72 valence electrons. The fourth-order valence-corrected chi connectivity index (χ4v) is 1.79. The first-order valence-electron chi connectivity index (χ1n) is 4.40. The molecule has 1 unspecified atom stereocenters. The number of thiophene rings is 1. The molecule has 0 aliphatic carbocycles. The Morgan fingerprint density at radius 3 is 3.00 bits per heavy atom. The van der Waals surface area contributed by atoms with Crippen molar-refractivity contribution in [3.05, 3.63) is 22.4 Å². The Bertz CT molecular complexity index is 254. The Hall–Kier alpha value is -0.670. The predicted octanol–water partition coefficient (Wildman–Crippen LogP) is 2.28. The SMILES string of the molecule is CCOC(C)C(=O)Cc1cccs1. The van der Waals surface area contributed by atoms with E-state index in [4.69, 9.17) is 4.74 Å². The molecule has 0 bridgehead atoms. The second-order valence-corrected chi connectivity index (χ2v) is 3.85. The normalized spacial score (nSPS) is 12.8. The van der Waals surface area contributed by atoms with Crippen LogP contribution in [0.2, 0.25) is 0 Å². The molecule has 0 radical (unpaired) electrons. The van der Waals surface area contributed by atoms with Crippen molar-refractivity contribution in [3.63, 3.8) is 0 Å². The van der Waals surface area contributed by atoms with Gasteiger partial charge in [-0.3, -0.25) is 4.79 Å². The number of Topliss-reactive ketones (excluding diaryl/α,β-unsaturated/α-hetero) is 1. The van der Waals surface area contributed by atoms with Gasteiger partial charge in [0, 0.05) is 17.9 Å². The summed E-state index contributed by atoms with van der Waals surface area (Å²) in [7, 11) is 0. The average molecular weight is 198 g/mol. The molecule has 1 heterocycles. The second-order valence-electron chi connectivity index (χ2n) is 2.82. The Morgan fingerprint density at radius 1 is 1.69 bits per heavy atom. The third-order valence-corrected chi connectivity index (χ3v) is 2.68. The van der Waals surface area contributed by atoms with Crippen LogP contribution in [0.5, 0.6) is 0 Å². The summed E-state index contributed by atoms with van der Waals surface area (Å²) in [6.45, 7) is 4.30. The summed E-state index contributed by atoms with van der Waals surface area (Å²) in [5.41, 5.74) is 0. The summed E-state index contributed by atoms with van der Waals surface area (Å²) in [4.78, 5) is 12.6. The fraction of sp³-hybridized carbons (Fsp3) is 0.500. The maximum absolute atomic E-state index is 11.5. The fourth-order valence-electron chi connectivity index (χ4n) is 1.07. The maximum Gasteiger partial charge on any atom is 0.166 e. The minimum absolute atomic E-state index is 0.157. The van der Waals surface area contributed by atoms with Gasteiger partial charge < -0.3 is 4.74 Å². The molecule has 0 amide bonds. The van der Waals surface area contributed by atoms with Crippen LogP contribution in [0.4, 0.5) is 0 Å². The smallest absolute Gasteiger partial charge is 0.166 e. The largest absolute Gasteiger partial charge is 0.371 e. The van der Waals surface area contributed by atoms with E-state index in [0.29, 0.717) is 13.0 Å². The highest BCUT2D eigenvalue weighted by molar-refractivity contribution is 7.10. The van der Waals surface area contributed by atoms with Gasteiger partial charge in [0.2, 0.25) is 0 Å². The van der Waals surface area contributed by atoms with Crippen molar-refractivity contribution in [2.45, 2.75) is 26.4 Å². The first-order chi connectivity index (χ1) is 6.24. The van der Waals surface area contributed by atoms with Crippen molar-refractivity contribution in [2.75, 3.05) is 6.61 Å². The van der Waals surface area contributed by atoms with Crippen LogP contribution in [-0.2, 0) is 16.0 Å². The van der Waals surface area contributed by atoms with Crippen LogP contribution in [0.15, 0.2) is 17.5 Å². The quantitative estimate of drug-likeness (QED) is 0.725. The van der Waals surface area contributed by atoms with Gasteiger partial charge in [0.15, 0.2) is 5.78 Å². The standard InChI is InChI=1S/C10H14O2S/c1-3-12-8(2)10(11)7-9-5-4-6-13-9/h4-6,8H,3,7H2,1-2H3. The highest BCUT2D eigenvalue weighted by atomic mass is 32.1. The van der Waals surface area contributed by atoms with Gasteiger partial charge in [-0.15, -0.1) is 11.3 Å². The van der Waals surface area contributed by atoms with E-state index >= 15 is 0 Å². The molecule has 1 atom stereocenters. The van der Waals surface area contributed by atoms with Gasteiger partial charge in [-0.1, -0.05) is 6.07 Å². The first kappa shape index (κ1) is 10.4. The van der Waals surface area contributed by atoms with Gasteiger partial charge in [-0.05, 0) is 25.3 Å². The van der Waals surface area contributed by atoms with Gasteiger partial charge in [0.1, 0.15) is 6.10 Å². The summed E-state index contributed by atoms with van der Waals surface area (Å²) in [6.07, 6.45) is 0.228. The van der Waals surface area contributed by atoms with Crippen LogP contribution >= 0.6 is 11.3 Å². The van der Waals surface area contributed by atoms with E-state index in [-0.39, 0.29) is 11.9 Å². The van der Waals surface area contributed by atoms with E-state index in [1.165, 1.54) is 0 Å². The van der Waals surface area contributed by atoms with E-state index < -0.39 is 0 Å². The van der Waals surface area contributed by atoms with Crippen molar-refractivity contribution >= 4 is 17.1 Å². The third-order valence-electron chi connectivity index (χ3n) is 1.80. The number of hydrogen-bond acceptors (Lipinski definition) is 3. The third kappa shape index (κ3) is 3.28.